The molecule has 0 aliphatic heterocycles. The molecule has 0 unspecified atom stereocenters. The summed E-state index contributed by atoms with van der Waals surface area (Å²) < 4.78 is 0. The van der Waals surface area contributed by atoms with Gasteiger partial charge in [0.2, 0.25) is 82.7 Å². The maximum absolute atomic E-state index is 14.4. The molecular weight excluding hydrogens is 1480 g/mol. The maximum atomic E-state index is 14.4. The number of aromatic hydroxyl groups is 1. The van der Waals surface area contributed by atoms with Gasteiger partial charge < -0.3 is 127 Å². The molecule has 0 aliphatic rings. The van der Waals surface area contributed by atoms with Crippen molar-refractivity contribution >= 4 is 101 Å². The summed E-state index contributed by atoms with van der Waals surface area (Å²) in [6, 6.07) is -15.3. The van der Waals surface area contributed by atoms with E-state index in [-0.39, 0.29) is 75.0 Å². The average Bonchev–Trinajstić information content (AvgIpc) is 1.30. The molecule has 27 N–H and O–H groups in total. The van der Waals surface area contributed by atoms with Gasteiger partial charge in [0, 0.05) is 24.9 Å². The number of aliphatic hydroxyl groups is 3. The smallest absolute Gasteiger partial charge is 0.328 e. The first-order chi connectivity index (χ1) is 52.8. The lowest BCUT2D eigenvalue weighted by molar-refractivity contribution is -0.146. The molecule has 42 heteroatoms. The van der Waals surface area contributed by atoms with Crippen molar-refractivity contribution in [1.82, 2.24) is 84.4 Å². The Kier molecular flexibility index (Phi) is 42.1. The van der Waals surface area contributed by atoms with Gasteiger partial charge in [0.05, 0.1) is 44.1 Å². The molecule has 113 heavy (non-hydrogen) atoms. The number of carboxylic acids is 2. The molecule has 0 aliphatic carbocycles. The van der Waals surface area contributed by atoms with Crippen LogP contribution in [0.15, 0.2) is 41.8 Å². The second kappa shape index (κ2) is 48.6. The summed E-state index contributed by atoms with van der Waals surface area (Å²) >= 11 is 0. The zero-order chi connectivity index (χ0) is 85.8. The molecule has 1 heterocycles. The summed E-state index contributed by atoms with van der Waals surface area (Å²) in [5, 5.41) is 93.2. The Labute approximate surface area is 654 Å². The highest BCUT2D eigenvalue weighted by Crippen LogP contribution is 2.16. The second-order valence-corrected chi connectivity index (χ2v) is 28.6. The fourth-order valence-electron chi connectivity index (χ4n) is 10.9. The van der Waals surface area contributed by atoms with Crippen molar-refractivity contribution in [1.29, 1.82) is 0 Å². The number of phenols is 1. The van der Waals surface area contributed by atoms with E-state index in [2.05, 4.69) is 89.4 Å². The van der Waals surface area contributed by atoms with Gasteiger partial charge in [0.25, 0.3) is 0 Å². The van der Waals surface area contributed by atoms with Gasteiger partial charge in [-0.25, -0.2) is 9.78 Å². The van der Waals surface area contributed by atoms with E-state index >= 15 is 0 Å². The molecular formula is C71H116N20O22. The molecule has 1 aromatic heterocycles. The van der Waals surface area contributed by atoms with Crippen molar-refractivity contribution in [2.24, 2.45) is 45.9 Å². The number of nitrogens with one attached hydrogen (secondary N) is 15. The fraction of sp³-hybridized carbons (Fsp3) is 0.634. The quantitative estimate of drug-likeness (QED) is 0.0166. The number of phenolic OH excluding ortho intramolecular Hbond substituents is 1. The average molecular weight is 1600 g/mol. The van der Waals surface area contributed by atoms with E-state index in [1.54, 1.807) is 67.5 Å². The van der Waals surface area contributed by atoms with Gasteiger partial charge in [0.15, 0.2) is 12.0 Å². The summed E-state index contributed by atoms with van der Waals surface area (Å²) in [5.74, 6) is -19.2. The number of rotatable bonds is 50. The van der Waals surface area contributed by atoms with E-state index < -0.39 is 223 Å². The van der Waals surface area contributed by atoms with E-state index in [1.807, 2.05) is 0 Å². The molecule has 632 valence electrons. The van der Waals surface area contributed by atoms with Crippen LogP contribution in [0.5, 0.6) is 5.75 Å². The van der Waals surface area contributed by atoms with E-state index in [1.165, 1.54) is 45.4 Å². The van der Waals surface area contributed by atoms with Crippen LogP contribution in [0.2, 0.25) is 0 Å². The van der Waals surface area contributed by atoms with Crippen molar-refractivity contribution in [2.75, 3.05) is 19.7 Å². The van der Waals surface area contributed by atoms with Crippen molar-refractivity contribution in [3.05, 3.63) is 48.0 Å². The van der Waals surface area contributed by atoms with Crippen LogP contribution in [0.3, 0.4) is 0 Å². The zero-order valence-corrected chi connectivity index (χ0v) is 65.8. The number of carboxylic acid groups (broad SMARTS) is 2. The highest BCUT2D eigenvalue weighted by atomic mass is 16.4. The number of aliphatic carboxylic acids is 2. The molecule has 0 bridgehead atoms. The van der Waals surface area contributed by atoms with Gasteiger partial charge in [-0.3, -0.25) is 76.9 Å². The number of guanidine groups is 1. The summed E-state index contributed by atoms with van der Waals surface area (Å²) in [5.41, 5.74) is 18.0. The number of hydrogen-bond acceptors (Lipinski definition) is 23. The Bertz CT molecular complexity index is 3580. The molecule has 18 atom stereocenters. The van der Waals surface area contributed by atoms with Crippen LogP contribution >= 0.6 is 0 Å². The first-order valence-electron chi connectivity index (χ1n) is 37.0. The number of H-pyrrole nitrogens is 1. The van der Waals surface area contributed by atoms with Crippen molar-refractivity contribution < 1.29 is 107 Å². The normalized spacial score (nSPS) is 16.0. The minimum absolute atomic E-state index is 0.00888. The minimum Gasteiger partial charge on any atom is -0.508 e. The number of nitrogens with two attached hydrogens (primary N) is 3. The number of benzene rings is 1. The highest BCUT2D eigenvalue weighted by Gasteiger charge is 2.39. The lowest BCUT2D eigenvalue weighted by Gasteiger charge is -2.30. The molecule has 42 nitrogen and oxygen atoms in total. The standard InChI is InChI=1S/C71H116N20O22/c1-14-34(7)53(88-60(102)44(72)25-41-18-20-43(95)21-19-41)67(109)81-38(11)59(101)87-50(30-92)66(108)80-36(9)57(99)83-45(17-16-22-76-71(73)74)61(103)77-29-51(96)82-49(27-52(97)98)64(106)85-46(23-32(3)4)62(104)79-37(10)58(100)84-48(26-42-28-75-31-78-42)63(105)86-47(24-33(5)6)65(107)89-54(35(8)15-2)68(110)90-55(39(12)93)69(111)91-56(40(13)94)70(112)113/h18-21,28,31-40,44-50,53-56,92-95H,14-17,22-27,29-30,72H2,1-13H3,(H,75,78)(H,77,103)(H,79,104)(H,80,108)(H,81,109)(H,82,96)(H,83,99)(H,84,100)(H,85,106)(H,86,105)(H,87,101)(H,88,102)(H,89,107)(H,90,110)(H,91,111)(H,97,98)(H,112,113)(H4,73,74,76)/t34-,35-,36-,37-,38-,39+,40+,44-,45-,46-,47-,48-,49-,50-,53-,54-,55-,56-/m0/s1. The van der Waals surface area contributed by atoms with Gasteiger partial charge in [-0.2, -0.15) is 0 Å². The van der Waals surface area contributed by atoms with Gasteiger partial charge in [-0.15, -0.1) is 0 Å². The number of aliphatic hydroxyl groups excluding tert-OH is 3. The largest absolute Gasteiger partial charge is 0.508 e. The molecule has 0 spiro atoms. The Balaban J connectivity index is 2.27. The van der Waals surface area contributed by atoms with Crippen LogP contribution in [0.25, 0.3) is 0 Å². The van der Waals surface area contributed by atoms with Crippen molar-refractivity contribution in [2.45, 2.75) is 245 Å². The minimum atomic E-state index is -1.93. The Morgan fingerprint density at radius 1 is 0.478 bits per heavy atom. The maximum Gasteiger partial charge on any atom is 0.328 e. The molecule has 14 amide bonds. The molecule has 0 saturated heterocycles. The van der Waals surface area contributed by atoms with Gasteiger partial charge in [-0.1, -0.05) is 80.4 Å². The number of aromatic amines is 1. The number of hydrogen-bond donors (Lipinski definition) is 24. The number of aliphatic imine (C=N–C) groups is 1. The van der Waals surface area contributed by atoms with Crippen LogP contribution < -0.4 is 91.6 Å². The van der Waals surface area contributed by atoms with Crippen LogP contribution in [0, 0.1) is 23.7 Å². The van der Waals surface area contributed by atoms with E-state index in [0.29, 0.717) is 17.7 Å². The number of aromatic nitrogens is 2. The van der Waals surface area contributed by atoms with E-state index in [4.69, 9.17) is 17.2 Å². The third kappa shape index (κ3) is 35.0. The number of amides is 14. The molecule has 0 saturated carbocycles. The Hall–Kier alpha value is -11.1. The fourth-order valence-corrected chi connectivity index (χ4v) is 10.9. The summed E-state index contributed by atoms with van der Waals surface area (Å²) in [7, 11) is 0. The number of imidazole rings is 1. The number of nitrogens with zero attached hydrogens (tertiary/aromatic N) is 2. The number of carbonyl (C=O) groups is 16. The lowest BCUT2D eigenvalue weighted by atomic mass is 9.96. The third-order valence-corrected chi connectivity index (χ3v) is 17.8. The Morgan fingerprint density at radius 3 is 1.35 bits per heavy atom. The Morgan fingerprint density at radius 2 is 0.894 bits per heavy atom. The predicted octanol–water partition coefficient (Wildman–Crippen LogP) is -6.74. The van der Waals surface area contributed by atoms with Gasteiger partial charge >= 0.3 is 11.9 Å². The first-order valence-corrected chi connectivity index (χ1v) is 37.0. The summed E-state index contributed by atoms with van der Waals surface area (Å²) in [4.78, 5) is 227. The first kappa shape index (κ1) is 97.9. The van der Waals surface area contributed by atoms with E-state index in [9.17, 15) is 107 Å². The number of carbonyl (C=O) groups excluding carboxylic acids is 14. The van der Waals surface area contributed by atoms with Crippen LogP contribution in [-0.2, 0) is 89.6 Å². The van der Waals surface area contributed by atoms with Crippen molar-refractivity contribution in [3.63, 3.8) is 0 Å². The SMILES string of the molecule is CC[C@H](C)[C@H](NC(=O)[C@H](CC(C)C)NC(=O)[C@H](Cc1cnc[nH]1)NC(=O)[C@H](C)NC(=O)[C@H](CC(C)C)NC(=O)[C@H](CC(=O)O)NC(=O)CNC(=O)[C@H](CCCN=C(N)N)NC(=O)[C@H](C)NC(=O)[C@H](CO)NC(=O)[C@H](C)NC(=O)[C@@H](NC(=O)[C@@H](N)Cc1ccc(O)cc1)[C@@H](C)CC)C(=O)N[C@H](C(=O)N[C@H](C(=O)O)[C@@H](C)O)[C@@H](C)O. The summed E-state index contributed by atoms with van der Waals surface area (Å²) in [6.07, 6.45) is -1.55. The zero-order valence-electron chi connectivity index (χ0n) is 65.8. The molecule has 0 radical (unpaired) electrons. The van der Waals surface area contributed by atoms with Crippen LogP contribution in [-0.4, -0.2) is 258 Å². The summed E-state index contributed by atoms with van der Waals surface area (Å²) in [6.45, 7) is 17.4. The predicted molar refractivity (Wildman–Crippen MR) is 405 cm³/mol. The highest BCUT2D eigenvalue weighted by molar-refractivity contribution is 6.00. The van der Waals surface area contributed by atoms with Gasteiger partial charge in [-0.05, 0) is 108 Å². The van der Waals surface area contributed by atoms with Crippen LogP contribution in [0.1, 0.15) is 146 Å². The molecule has 2 rings (SSSR count). The van der Waals surface area contributed by atoms with Gasteiger partial charge in [0.1, 0.15) is 78.3 Å². The second-order valence-electron chi connectivity index (χ2n) is 28.6. The van der Waals surface area contributed by atoms with Crippen LogP contribution in [0.4, 0.5) is 0 Å². The topological polar surface area (TPSA) is 682 Å². The monoisotopic (exact) mass is 1600 g/mol. The third-order valence-electron chi connectivity index (χ3n) is 17.8. The van der Waals surface area contributed by atoms with Crippen molar-refractivity contribution in [3.8, 4) is 5.75 Å². The molecule has 0 fully saturated rings. The molecule has 2 aromatic rings. The molecule has 1 aromatic carbocycles. The van der Waals surface area contributed by atoms with E-state index in [0.717, 1.165) is 13.8 Å². The lowest BCUT2D eigenvalue weighted by Crippen LogP contribution is -2.62.